The molecule has 0 saturated heterocycles. The van der Waals surface area contributed by atoms with Gasteiger partial charge in [-0.1, -0.05) is 0 Å². The molecule has 134 valence electrons. The van der Waals surface area contributed by atoms with Gasteiger partial charge in [0.25, 0.3) is 0 Å². The predicted octanol–water partition coefficient (Wildman–Crippen LogP) is 0.692. The smallest absolute Gasteiger partial charge is 0.201 e. The fourth-order valence-electron chi connectivity index (χ4n) is 2.86. The number of fused-ring (bicyclic) bond motifs is 1. The summed E-state index contributed by atoms with van der Waals surface area (Å²) in [6.45, 7) is 0.869. The van der Waals surface area contributed by atoms with Crippen molar-refractivity contribution in [2.24, 2.45) is 12.0 Å². The summed E-state index contributed by atoms with van der Waals surface area (Å²) in [5.41, 5.74) is 2.43. The van der Waals surface area contributed by atoms with Crippen LogP contribution in [0.2, 0.25) is 0 Å². The van der Waals surface area contributed by atoms with Crippen LogP contribution in [0.1, 0.15) is 17.2 Å². The van der Waals surface area contributed by atoms with Crippen molar-refractivity contribution in [1.29, 1.82) is 0 Å². The monoisotopic (exact) mass is 354 g/mol. The Kier molecular flexibility index (Phi) is 3.99. The van der Waals surface area contributed by atoms with E-state index in [-0.39, 0.29) is 0 Å². The van der Waals surface area contributed by atoms with Crippen molar-refractivity contribution in [3.63, 3.8) is 0 Å². The highest BCUT2D eigenvalue weighted by Gasteiger charge is 2.24. The Morgan fingerprint density at radius 2 is 2.00 bits per heavy atom. The Balaban J connectivity index is 1.76. The van der Waals surface area contributed by atoms with Crippen LogP contribution in [0.15, 0.2) is 29.5 Å². The number of aromatic nitrogens is 6. The second-order valence-electron chi connectivity index (χ2n) is 5.71. The standard InChI is InChI=1S/C16H18N8O2/c1-23-5-4-17-14(23)8-24-16(20-21-22-24)15-10-6-12(25-2)13(26-3)7-11(10)18-9-19-15/h4-7,18H,8-9H2,1-3H3. The lowest BCUT2D eigenvalue weighted by Gasteiger charge is -2.20. The Hall–Kier alpha value is -3.43. The molecule has 2 aromatic heterocycles. The fourth-order valence-corrected chi connectivity index (χ4v) is 2.86. The maximum Gasteiger partial charge on any atom is 0.201 e. The summed E-state index contributed by atoms with van der Waals surface area (Å²) in [7, 11) is 5.14. The van der Waals surface area contributed by atoms with Crippen LogP contribution in [0.25, 0.3) is 0 Å². The minimum Gasteiger partial charge on any atom is -0.493 e. The van der Waals surface area contributed by atoms with Gasteiger partial charge in [0, 0.05) is 36.8 Å². The van der Waals surface area contributed by atoms with E-state index in [1.165, 1.54) is 0 Å². The Bertz CT molecular complexity index is 975. The summed E-state index contributed by atoms with van der Waals surface area (Å²) >= 11 is 0. The molecule has 10 heteroatoms. The van der Waals surface area contributed by atoms with Crippen LogP contribution in [-0.2, 0) is 13.6 Å². The van der Waals surface area contributed by atoms with Crippen molar-refractivity contribution in [3.8, 4) is 11.5 Å². The van der Waals surface area contributed by atoms with Crippen LogP contribution in [0.5, 0.6) is 11.5 Å². The van der Waals surface area contributed by atoms with E-state index in [4.69, 9.17) is 9.47 Å². The minimum absolute atomic E-state index is 0.424. The van der Waals surface area contributed by atoms with Crippen molar-refractivity contribution in [3.05, 3.63) is 41.7 Å². The Morgan fingerprint density at radius 3 is 2.73 bits per heavy atom. The fraction of sp³-hybridized carbons (Fsp3) is 0.312. The average Bonchev–Trinajstić information content (AvgIpc) is 3.29. The molecule has 1 aromatic carbocycles. The van der Waals surface area contributed by atoms with Gasteiger partial charge in [-0.05, 0) is 16.5 Å². The van der Waals surface area contributed by atoms with E-state index in [0.717, 1.165) is 17.1 Å². The second kappa shape index (κ2) is 6.47. The maximum atomic E-state index is 5.42. The summed E-state index contributed by atoms with van der Waals surface area (Å²) in [5.74, 6) is 2.68. The second-order valence-corrected chi connectivity index (χ2v) is 5.71. The van der Waals surface area contributed by atoms with Gasteiger partial charge in [0.2, 0.25) is 5.82 Å². The summed E-state index contributed by atoms with van der Waals surface area (Å²) < 4.78 is 14.4. The molecule has 0 spiro atoms. The third kappa shape index (κ3) is 2.65. The number of nitrogens with one attached hydrogen (secondary N) is 1. The van der Waals surface area contributed by atoms with Crippen LogP contribution in [-0.4, -0.2) is 56.4 Å². The van der Waals surface area contributed by atoms with E-state index < -0.39 is 0 Å². The van der Waals surface area contributed by atoms with Gasteiger partial charge in [0.1, 0.15) is 24.7 Å². The van der Waals surface area contributed by atoms with Gasteiger partial charge in [-0.3, -0.25) is 4.99 Å². The molecule has 1 N–H and O–H groups in total. The van der Waals surface area contributed by atoms with E-state index in [1.54, 1.807) is 25.1 Å². The molecule has 0 amide bonds. The molecule has 0 radical (unpaired) electrons. The number of anilines is 1. The van der Waals surface area contributed by atoms with E-state index in [2.05, 4.69) is 30.8 Å². The summed E-state index contributed by atoms with van der Waals surface area (Å²) in [4.78, 5) is 8.90. The van der Waals surface area contributed by atoms with Crippen molar-refractivity contribution in [1.82, 2.24) is 29.8 Å². The van der Waals surface area contributed by atoms with E-state index in [1.807, 2.05) is 29.9 Å². The molecular formula is C16H18N8O2. The maximum absolute atomic E-state index is 5.42. The Labute approximate surface area is 149 Å². The largest absolute Gasteiger partial charge is 0.493 e. The highest BCUT2D eigenvalue weighted by atomic mass is 16.5. The number of hydrogen-bond acceptors (Lipinski definition) is 8. The van der Waals surface area contributed by atoms with Gasteiger partial charge in [-0.25, -0.2) is 9.67 Å². The first-order valence-corrected chi connectivity index (χ1v) is 7.98. The molecule has 10 nitrogen and oxygen atoms in total. The van der Waals surface area contributed by atoms with Crippen molar-refractivity contribution < 1.29 is 9.47 Å². The van der Waals surface area contributed by atoms with Gasteiger partial charge in [0.05, 0.1) is 14.2 Å². The third-order valence-electron chi connectivity index (χ3n) is 4.24. The number of hydrogen-bond donors (Lipinski definition) is 1. The first-order valence-electron chi connectivity index (χ1n) is 7.98. The number of nitrogens with zero attached hydrogens (tertiary/aromatic N) is 7. The van der Waals surface area contributed by atoms with Crippen molar-refractivity contribution in [2.45, 2.75) is 6.54 Å². The van der Waals surface area contributed by atoms with Crippen LogP contribution in [0.3, 0.4) is 0 Å². The molecule has 0 unspecified atom stereocenters. The van der Waals surface area contributed by atoms with Gasteiger partial charge < -0.3 is 19.4 Å². The van der Waals surface area contributed by atoms with Gasteiger partial charge in [-0.15, -0.1) is 5.10 Å². The number of aliphatic imine (C=N–C) groups is 1. The molecule has 0 fully saturated rings. The molecule has 1 aliphatic rings. The Morgan fingerprint density at radius 1 is 1.19 bits per heavy atom. The summed E-state index contributed by atoms with van der Waals surface area (Å²) in [6, 6.07) is 3.76. The molecule has 3 aromatic rings. The van der Waals surface area contributed by atoms with Crippen LogP contribution < -0.4 is 14.8 Å². The molecule has 1 aliphatic heterocycles. The van der Waals surface area contributed by atoms with Crippen LogP contribution in [0, 0.1) is 0 Å². The first-order chi connectivity index (χ1) is 12.7. The molecule has 0 saturated carbocycles. The number of rotatable bonds is 5. The number of tetrazole rings is 1. The minimum atomic E-state index is 0.424. The molecule has 4 rings (SSSR count). The van der Waals surface area contributed by atoms with Crippen LogP contribution in [0.4, 0.5) is 5.69 Å². The third-order valence-corrected chi connectivity index (χ3v) is 4.24. The molecule has 0 aliphatic carbocycles. The molecular weight excluding hydrogens is 336 g/mol. The summed E-state index contributed by atoms with van der Waals surface area (Å²) in [6.07, 6.45) is 3.63. The zero-order valence-electron chi connectivity index (χ0n) is 14.7. The number of imidazole rings is 1. The van der Waals surface area contributed by atoms with E-state index >= 15 is 0 Å². The molecule has 0 atom stereocenters. The van der Waals surface area contributed by atoms with Crippen molar-refractivity contribution in [2.75, 3.05) is 26.2 Å². The molecule has 26 heavy (non-hydrogen) atoms. The molecule has 3 heterocycles. The normalized spacial score (nSPS) is 13.0. The first kappa shape index (κ1) is 16.1. The number of ether oxygens (including phenoxy) is 2. The highest BCUT2D eigenvalue weighted by Crippen LogP contribution is 2.35. The highest BCUT2D eigenvalue weighted by molar-refractivity contribution is 6.15. The number of benzene rings is 1. The van der Waals surface area contributed by atoms with Crippen LogP contribution >= 0.6 is 0 Å². The topological polar surface area (TPSA) is 104 Å². The quantitative estimate of drug-likeness (QED) is 0.719. The predicted molar refractivity (Wildman–Crippen MR) is 93.8 cm³/mol. The average molecular weight is 354 g/mol. The van der Waals surface area contributed by atoms with E-state index in [9.17, 15) is 0 Å². The van der Waals surface area contributed by atoms with E-state index in [0.29, 0.717) is 36.2 Å². The SMILES string of the molecule is COc1cc2c(cc1OC)C(c1nnnn1Cc1nccn1C)=NCN2. The van der Waals surface area contributed by atoms with Gasteiger partial charge >= 0.3 is 0 Å². The van der Waals surface area contributed by atoms with Gasteiger partial charge in [-0.2, -0.15) is 0 Å². The number of methoxy groups -OCH3 is 2. The zero-order valence-corrected chi connectivity index (χ0v) is 14.7. The van der Waals surface area contributed by atoms with Crippen molar-refractivity contribution >= 4 is 11.4 Å². The lowest BCUT2D eigenvalue weighted by atomic mass is 10.0. The molecule has 0 bridgehead atoms. The lowest BCUT2D eigenvalue weighted by Crippen LogP contribution is -2.22. The number of aryl methyl sites for hydroxylation is 1. The summed E-state index contributed by atoms with van der Waals surface area (Å²) in [5, 5.41) is 15.3. The van der Waals surface area contributed by atoms with Gasteiger partial charge in [0.15, 0.2) is 11.5 Å². The zero-order chi connectivity index (χ0) is 18.1. The lowest BCUT2D eigenvalue weighted by molar-refractivity contribution is 0.355.